The van der Waals surface area contributed by atoms with Crippen molar-refractivity contribution >= 4 is 29.2 Å². The first kappa shape index (κ1) is 15.0. The molecule has 2 N–H and O–H groups in total. The van der Waals surface area contributed by atoms with Gasteiger partial charge in [-0.2, -0.15) is 0 Å². The molecule has 1 heterocycles. The van der Waals surface area contributed by atoms with E-state index in [0.29, 0.717) is 34.3 Å². The highest BCUT2D eigenvalue weighted by Crippen LogP contribution is 2.33. The second-order valence-corrected chi connectivity index (χ2v) is 4.95. The van der Waals surface area contributed by atoms with Gasteiger partial charge in [0.1, 0.15) is 5.69 Å². The predicted molar refractivity (Wildman–Crippen MR) is 79.9 cm³/mol. The smallest absolute Gasteiger partial charge is 0.240 e. The van der Waals surface area contributed by atoms with Crippen molar-refractivity contribution in [3.8, 4) is 11.3 Å². The monoisotopic (exact) mass is 312 g/mol. The minimum absolute atomic E-state index is 0.138. The van der Waals surface area contributed by atoms with Crippen LogP contribution in [0.2, 0.25) is 10.0 Å². The highest BCUT2D eigenvalue weighted by atomic mass is 35.5. The Balaban J connectivity index is 2.42. The summed E-state index contributed by atoms with van der Waals surface area (Å²) < 4.78 is 5.04. The van der Waals surface area contributed by atoms with E-state index in [2.05, 4.69) is 15.2 Å². The van der Waals surface area contributed by atoms with Crippen molar-refractivity contribution in [1.29, 1.82) is 0 Å². The molecule has 0 atom stereocenters. The zero-order chi connectivity index (χ0) is 14.5. The largest absolute Gasteiger partial charge is 0.385 e. The van der Waals surface area contributed by atoms with E-state index in [9.17, 15) is 0 Å². The molecular formula is C13H14Cl2N4O. The second kappa shape index (κ2) is 6.83. The molecule has 106 valence electrons. The first-order chi connectivity index (χ1) is 9.63. The molecule has 0 unspecified atom stereocenters. The Morgan fingerprint density at radius 1 is 1.25 bits per heavy atom. The predicted octanol–water partition coefficient (Wildman–Crippen LogP) is 3.01. The summed E-state index contributed by atoms with van der Waals surface area (Å²) in [5.41, 5.74) is 7.64. The lowest BCUT2D eigenvalue weighted by molar-refractivity contribution is 0.195. The van der Waals surface area contributed by atoms with Crippen LogP contribution in [-0.4, -0.2) is 28.9 Å². The maximum absolute atomic E-state index is 6.22. The summed E-state index contributed by atoms with van der Waals surface area (Å²) in [6, 6.07) is 5.35. The van der Waals surface area contributed by atoms with Crippen LogP contribution in [0.15, 0.2) is 18.2 Å². The van der Waals surface area contributed by atoms with Crippen LogP contribution < -0.4 is 5.73 Å². The summed E-state index contributed by atoms with van der Waals surface area (Å²) in [5, 5.41) is 8.80. The Morgan fingerprint density at radius 2 is 2.05 bits per heavy atom. The van der Waals surface area contributed by atoms with E-state index in [1.54, 1.807) is 19.2 Å². The lowest BCUT2D eigenvalue weighted by atomic mass is 10.1. The molecule has 5 nitrogen and oxygen atoms in total. The number of halogens is 2. The summed E-state index contributed by atoms with van der Waals surface area (Å²) in [4.78, 5) is 4.24. The van der Waals surface area contributed by atoms with Crippen molar-refractivity contribution in [2.24, 2.45) is 0 Å². The van der Waals surface area contributed by atoms with Crippen molar-refractivity contribution in [3.05, 3.63) is 33.9 Å². The summed E-state index contributed by atoms with van der Waals surface area (Å²) in [6.45, 7) is 0.632. The second-order valence-electron chi connectivity index (χ2n) is 4.16. The van der Waals surface area contributed by atoms with Crippen LogP contribution in [0.1, 0.15) is 12.1 Å². The zero-order valence-corrected chi connectivity index (χ0v) is 12.4. The molecule has 0 spiro atoms. The van der Waals surface area contributed by atoms with E-state index < -0.39 is 0 Å². The van der Waals surface area contributed by atoms with Crippen LogP contribution in [0.25, 0.3) is 11.3 Å². The fourth-order valence-electron chi connectivity index (χ4n) is 1.83. The minimum atomic E-state index is 0.138. The Kier molecular flexibility index (Phi) is 5.11. The molecule has 1 aromatic carbocycles. The van der Waals surface area contributed by atoms with Crippen molar-refractivity contribution in [2.45, 2.75) is 12.8 Å². The molecule has 7 heteroatoms. The molecule has 0 saturated carbocycles. The molecule has 0 aliphatic rings. The van der Waals surface area contributed by atoms with E-state index in [1.165, 1.54) is 0 Å². The number of hydrogen-bond donors (Lipinski definition) is 1. The Labute approximate surface area is 127 Å². The SMILES string of the molecule is COCCCc1nc(N)nnc1-c1cccc(Cl)c1Cl. The van der Waals surface area contributed by atoms with E-state index in [1.807, 2.05) is 6.07 Å². The first-order valence-corrected chi connectivity index (χ1v) is 6.81. The van der Waals surface area contributed by atoms with Crippen LogP contribution >= 0.6 is 23.2 Å². The third kappa shape index (κ3) is 3.36. The minimum Gasteiger partial charge on any atom is -0.385 e. The number of anilines is 1. The molecule has 0 radical (unpaired) electrons. The van der Waals surface area contributed by atoms with E-state index >= 15 is 0 Å². The number of nitrogens with zero attached hydrogens (tertiary/aromatic N) is 3. The molecule has 20 heavy (non-hydrogen) atoms. The molecule has 1 aromatic heterocycles. The van der Waals surface area contributed by atoms with Crippen LogP contribution in [0.4, 0.5) is 5.95 Å². The van der Waals surface area contributed by atoms with Gasteiger partial charge in [-0.05, 0) is 18.9 Å². The average molecular weight is 313 g/mol. The third-order valence-corrected chi connectivity index (χ3v) is 3.56. The van der Waals surface area contributed by atoms with Gasteiger partial charge in [-0.15, -0.1) is 10.2 Å². The van der Waals surface area contributed by atoms with Gasteiger partial charge in [-0.1, -0.05) is 35.3 Å². The average Bonchev–Trinajstić information content (AvgIpc) is 2.43. The molecule has 2 aromatic rings. The van der Waals surface area contributed by atoms with Crippen LogP contribution in [0.3, 0.4) is 0 Å². The number of benzene rings is 1. The summed E-state index contributed by atoms with van der Waals surface area (Å²) in [6.07, 6.45) is 1.48. The number of aryl methyl sites for hydroxylation is 1. The van der Waals surface area contributed by atoms with Gasteiger partial charge in [0.2, 0.25) is 5.95 Å². The number of hydrogen-bond acceptors (Lipinski definition) is 5. The van der Waals surface area contributed by atoms with Crippen molar-refractivity contribution in [3.63, 3.8) is 0 Å². The normalized spacial score (nSPS) is 10.8. The van der Waals surface area contributed by atoms with E-state index in [4.69, 9.17) is 33.7 Å². The van der Waals surface area contributed by atoms with Crippen LogP contribution in [0, 0.1) is 0 Å². The fraction of sp³-hybridized carbons (Fsp3) is 0.308. The molecule has 0 amide bonds. The lowest BCUT2D eigenvalue weighted by Crippen LogP contribution is -2.06. The summed E-state index contributed by atoms with van der Waals surface area (Å²) in [7, 11) is 1.65. The molecule has 0 aliphatic carbocycles. The number of nitrogen functional groups attached to an aromatic ring is 1. The van der Waals surface area contributed by atoms with Crippen molar-refractivity contribution in [2.75, 3.05) is 19.5 Å². The summed E-state index contributed by atoms with van der Waals surface area (Å²) in [5.74, 6) is 0.138. The van der Waals surface area contributed by atoms with Gasteiger partial charge in [0.05, 0.1) is 15.7 Å². The molecule has 0 aliphatic heterocycles. The highest BCUT2D eigenvalue weighted by Gasteiger charge is 2.14. The first-order valence-electron chi connectivity index (χ1n) is 6.06. The molecule has 2 rings (SSSR count). The van der Waals surface area contributed by atoms with Gasteiger partial charge in [0.15, 0.2) is 0 Å². The van der Waals surface area contributed by atoms with Crippen molar-refractivity contribution < 1.29 is 4.74 Å². The Bertz CT molecular complexity index is 607. The molecule has 0 bridgehead atoms. The molecular weight excluding hydrogens is 299 g/mol. The van der Waals surface area contributed by atoms with Crippen molar-refractivity contribution in [1.82, 2.24) is 15.2 Å². The maximum Gasteiger partial charge on any atom is 0.240 e. The zero-order valence-electron chi connectivity index (χ0n) is 10.9. The quantitative estimate of drug-likeness (QED) is 0.859. The van der Waals surface area contributed by atoms with Gasteiger partial charge < -0.3 is 10.5 Å². The van der Waals surface area contributed by atoms with E-state index in [-0.39, 0.29) is 5.95 Å². The van der Waals surface area contributed by atoms with Gasteiger partial charge in [0.25, 0.3) is 0 Å². The number of ether oxygens (including phenoxy) is 1. The van der Waals surface area contributed by atoms with Gasteiger partial charge >= 0.3 is 0 Å². The maximum atomic E-state index is 6.22. The number of methoxy groups -OCH3 is 1. The van der Waals surface area contributed by atoms with Gasteiger partial charge in [-0.3, -0.25) is 0 Å². The Hall–Kier alpha value is -1.43. The summed E-state index contributed by atoms with van der Waals surface area (Å²) >= 11 is 12.2. The van der Waals surface area contributed by atoms with Crippen LogP contribution in [0.5, 0.6) is 0 Å². The Morgan fingerprint density at radius 3 is 2.80 bits per heavy atom. The van der Waals surface area contributed by atoms with Crippen LogP contribution in [-0.2, 0) is 11.2 Å². The fourth-order valence-corrected chi connectivity index (χ4v) is 2.22. The number of rotatable bonds is 5. The third-order valence-electron chi connectivity index (χ3n) is 2.74. The highest BCUT2D eigenvalue weighted by molar-refractivity contribution is 6.43. The van der Waals surface area contributed by atoms with E-state index in [0.717, 1.165) is 12.1 Å². The topological polar surface area (TPSA) is 73.9 Å². The number of aromatic nitrogens is 3. The molecule has 0 saturated heterocycles. The standard InChI is InChI=1S/C13H14Cl2N4O/c1-20-7-3-6-10-12(18-19-13(16)17-10)8-4-2-5-9(14)11(8)15/h2,4-5H,3,6-7H2,1H3,(H2,16,17,19). The van der Waals surface area contributed by atoms with Gasteiger partial charge in [-0.25, -0.2) is 4.98 Å². The number of nitrogens with two attached hydrogens (primary N) is 1. The lowest BCUT2D eigenvalue weighted by Gasteiger charge is -2.09. The van der Waals surface area contributed by atoms with Gasteiger partial charge in [0, 0.05) is 19.3 Å². The molecule has 0 fully saturated rings.